The van der Waals surface area contributed by atoms with Gasteiger partial charge in [0.15, 0.2) is 0 Å². The zero-order valence-corrected chi connectivity index (χ0v) is 13.1. The van der Waals surface area contributed by atoms with E-state index in [1.54, 1.807) is 0 Å². The Balaban J connectivity index is 2.18. The lowest BCUT2D eigenvalue weighted by Gasteiger charge is -2.36. The van der Waals surface area contributed by atoms with Crippen LogP contribution in [0.5, 0.6) is 0 Å². The largest absolute Gasteiger partial charge is 0.326 e. The van der Waals surface area contributed by atoms with E-state index in [1.807, 2.05) is 18.5 Å². The summed E-state index contributed by atoms with van der Waals surface area (Å²) in [6.07, 6.45) is 8.73. The second-order valence-corrected chi connectivity index (χ2v) is 6.45. The van der Waals surface area contributed by atoms with Gasteiger partial charge in [-0.15, -0.1) is 0 Å². The number of hydrogen-bond acceptors (Lipinski definition) is 3. The molecule has 0 bridgehead atoms. The highest BCUT2D eigenvalue weighted by molar-refractivity contribution is 5.17. The van der Waals surface area contributed by atoms with Crippen molar-refractivity contribution in [3.8, 4) is 0 Å². The van der Waals surface area contributed by atoms with Crippen LogP contribution in [0, 0.1) is 5.92 Å². The van der Waals surface area contributed by atoms with Gasteiger partial charge in [-0.05, 0) is 49.8 Å². The van der Waals surface area contributed by atoms with E-state index in [0.29, 0.717) is 6.04 Å². The molecule has 0 saturated heterocycles. The summed E-state index contributed by atoms with van der Waals surface area (Å²) in [5.74, 6) is 0.739. The molecule has 1 aromatic heterocycles. The SMILES string of the molecule is CCC(N)C(c1cccnc1)N(CCC(C)C)C1CC1. The molecule has 0 aliphatic heterocycles. The predicted octanol–water partition coefficient (Wildman–Crippen LogP) is 3.37. The molecule has 2 rings (SSSR count). The molecule has 0 radical (unpaired) electrons. The van der Waals surface area contributed by atoms with Crippen molar-refractivity contribution in [1.29, 1.82) is 0 Å². The molecule has 3 heteroatoms. The quantitative estimate of drug-likeness (QED) is 0.791. The second kappa shape index (κ2) is 7.19. The second-order valence-electron chi connectivity index (χ2n) is 6.45. The maximum Gasteiger partial charge on any atom is 0.0517 e. The van der Waals surface area contributed by atoms with E-state index in [4.69, 9.17) is 5.73 Å². The van der Waals surface area contributed by atoms with Crippen molar-refractivity contribution in [2.75, 3.05) is 6.54 Å². The number of pyridine rings is 1. The van der Waals surface area contributed by atoms with E-state index in [2.05, 4.69) is 36.7 Å². The fraction of sp³-hybridized carbons (Fsp3) is 0.706. The first-order chi connectivity index (χ1) is 9.63. The predicted molar refractivity (Wildman–Crippen MR) is 84.4 cm³/mol. The Hall–Kier alpha value is -0.930. The maximum absolute atomic E-state index is 6.45. The van der Waals surface area contributed by atoms with Crippen molar-refractivity contribution in [2.24, 2.45) is 11.7 Å². The van der Waals surface area contributed by atoms with Crippen LogP contribution in [0.15, 0.2) is 24.5 Å². The van der Waals surface area contributed by atoms with Gasteiger partial charge in [0.2, 0.25) is 0 Å². The Morgan fingerprint density at radius 1 is 1.40 bits per heavy atom. The van der Waals surface area contributed by atoms with E-state index < -0.39 is 0 Å². The number of hydrogen-bond donors (Lipinski definition) is 1. The van der Waals surface area contributed by atoms with E-state index in [1.165, 1.54) is 24.8 Å². The topological polar surface area (TPSA) is 42.1 Å². The Morgan fingerprint density at radius 3 is 2.65 bits per heavy atom. The molecule has 112 valence electrons. The molecule has 3 nitrogen and oxygen atoms in total. The molecule has 20 heavy (non-hydrogen) atoms. The van der Waals surface area contributed by atoms with Crippen LogP contribution >= 0.6 is 0 Å². The molecule has 1 saturated carbocycles. The minimum Gasteiger partial charge on any atom is -0.326 e. The Labute approximate surface area is 123 Å². The summed E-state index contributed by atoms with van der Waals surface area (Å²) in [5.41, 5.74) is 7.73. The number of rotatable bonds is 8. The van der Waals surface area contributed by atoms with Crippen molar-refractivity contribution >= 4 is 0 Å². The standard InChI is InChI=1S/C17H29N3/c1-4-16(18)17(14-6-5-10-19-12-14)20(15-7-8-15)11-9-13(2)3/h5-6,10,12-13,15-17H,4,7-9,11,18H2,1-3H3. The lowest BCUT2D eigenvalue weighted by molar-refractivity contribution is 0.151. The van der Waals surface area contributed by atoms with Crippen molar-refractivity contribution < 1.29 is 0 Å². The lowest BCUT2D eigenvalue weighted by atomic mass is 9.96. The van der Waals surface area contributed by atoms with Gasteiger partial charge >= 0.3 is 0 Å². The smallest absolute Gasteiger partial charge is 0.0517 e. The van der Waals surface area contributed by atoms with Crippen molar-refractivity contribution in [3.05, 3.63) is 30.1 Å². The van der Waals surface area contributed by atoms with E-state index >= 15 is 0 Å². The van der Waals surface area contributed by atoms with Gasteiger partial charge in [0.25, 0.3) is 0 Å². The van der Waals surface area contributed by atoms with Gasteiger partial charge in [-0.2, -0.15) is 0 Å². The molecular formula is C17H29N3. The first kappa shape index (κ1) is 15.5. The van der Waals surface area contributed by atoms with Gasteiger partial charge in [-0.3, -0.25) is 9.88 Å². The van der Waals surface area contributed by atoms with E-state index in [9.17, 15) is 0 Å². The third kappa shape index (κ3) is 4.03. The van der Waals surface area contributed by atoms with Gasteiger partial charge in [-0.1, -0.05) is 26.8 Å². The maximum atomic E-state index is 6.45. The summed E-state index contributed by atoms with van der Waals surface area (Å²) < 4.78 is 0. The fourth-order valence-electron chi connectivity index (χ4n) is 2.82. The van der Waals surface area contributed by atoms with Gasteiger partial charge in [0, 0.05) is 24.5 Å². The summed E-state index contributed by atoms with van der Waals surface area (Å²) >= 11 is 0. The Morgan fingerprint density at radius 2 is 2.15 bits per heavy atom. The molecule has 0 spiro atoms. The highest BCUT2D eigenvalue weighted by Gasteiger charge is 2.36. The van der Waals surface area contributed by atoms with Crippen LogP contribution in [0.1, 0.15) is 58.1 Å². The van der Waals surface area contributed by atoms with Gasteiger partial charge < -0.3 is 5.73 Å². The van der Waals surface area contributed by atoms with Crippen molar-refractivity contribution in [1.82, 2.24) is 9.88 Å². The third-order valence-electron chi connectivity index (χ3n) is 4.24. The average molecular weight is 275 g/mol. The molecule has 0 amide bonds. The summed E-state index contributed by atoms with van der Waals surface area (Å²) in [6, 6.07) is 5.44. The highest BCUT2D eigenvalue weighted by Crippen LogP contribution is 2.36. The summed E-state index contributed by atoms with van der Waals surface area (Å²) in [6.45, 7) is 7.92. The Kier molecular flexibility index (Phi) is 5.55. The summed E-state index contributed by atoms with van der Waals surface area (Å²) in [7, 11) is 0. The first-order valence-electron chi connectivity index (χ1n) is 8.04. The normalized spacial score (nSPS) is 18.5. The van der Waals surface area contributed by atoms with E-state index in [0.717, 1.165) is 24.9 Å². The van der Waals surface area contributed by atoms with Crippen LogP contribution < -0.4 is 5.73 Å². The van der Waals surface area contributed by atoms with E-state index in [-0.39, 0.29) is 6.04 Å². The van der Waals surface area contributed by atoms with Crippen molar-refractivity contribution in [2.45, 2.75) is 64.6 Å². The Bertz CT molecular complexity index is 386. The molecule has 1 aliphatic carbocycles. The average Bonchev–Trinajstić information content (AvgIpc) is 3.28. The molecule has 2 N–H and O–H groups in total. The number of nitrogens with zero attached hydrogens (tertiary/aromatic N) is 2. The number of aromatic nitrogens is 1. The molecule has 1 aliphatic rings. The van der Waals surface area contributed by atoms with Crippen LogP contribution in [0.4, 0.5) is 0 Å². The minimum absolute atomic E-state index is 0.187. The monoisotopic (exact) mass is 275 g/mol. The highest BCUT2D eigenvalue weighted by atomic mass is 15.2. The van der Waals surface area contributed by atoms with Crippen LogP contribution in [0.25, 0.3) is 0 Å². The zero-order valence-electron chi connectivity index (χ0n) is 13.1. The van der Waals surface area contributed by atoms with Crippen LogP contribution in [0.2, 0.25) is 0 Å². The molecule has 0 aromatic carbocycles. The van der Waals surface area contributed by atoms with Gasteiger partial charge in [0.1, 0.15) is 0 Å². The van der Waals surface area contributed by atoms with Crippen LogP contribution in [-0.4, -0.2) is 28.5 Å². The molecular weight excluding hydrogens is 246 g/mol. The third-order valence-corrected chi connectivity index (χ3v) is 4.24. The first-order valence-corrected chi connectivity index (χ1v) is 8.04. The molecule has 2 atom stereocenters. The van der Waals surface area contributed by atoms with Crippen LogP contribution in [0.3, 0.4) is 0 Å². The zero-order chi connectivity index (χ0) is 14.5. The molecule has 2 unspecified atom stereocenters. The summed E-state index contributed by atoms with van der Waals surface area (Å²) in [5, 5.41) is 0. The summed E-state index contributed by atoms with van der Waals surface area (Å²) in [4.78, 5) is 6.94. The minimum atomic E-state index is 0.187. The molecule has 1 heterocycles. The van der Waals surface area contributed by atoms with Gasteiger partial charge in [0.05, 0.1) is 6.04 Å². The van der Waals surface area contributed by atoms with Crippen LogP contribution in [-0.2, 0) is 0 Å². The molecule has 1 aromatic rings. The van der Waals surface area contributed by atoms with Gasteiger partial charge in [-0.25, -0.2) is 0 Å². The lowest BCUT2D eigenvalue weighted by Crippen LogP contribution is -2.42. The molecule has 1 fully saturated rings. The van der Waals surface area contributed by atoms with Crippen molar-refractivity contribution in [3.63, 3.8) is 0 Å². The number of nitrogens with two attached hydrogens (primary N) is 1. The fourth-order valence-corrected chi connectivity index (χ4v) is 2.82.